The first kappa shape index (κ1) is 41.5. The molecule has 2 atom stereocenters. The normalized spacial score (nSPS) is 19.1. The fourth-order valence-corrected chi connectivity index (χ4v) is 13.2. The Bertz CT molecular complexity index is 4160. The zero-order valence-electron chi connectivity index (χ0n) is 48.3. The van der Waals surface area contributed by atoms with Crippen LogP contribution in [-0.4, -0.2) is 16.2 Å². The third kappa shape index (κ3) is 7.07. The molecule has 0 N–H and O–H groups in total. The lowest BCUT2D eigenvalue weighted by Crippen LogP contribution is -2.37. The predicted molar refractivity (Wildman–Crippen MR) is 310 cm³/mol. The molecule has 1 aliphatic heterocycles. The first-order chi connectivity index (χ1) is 37.8. The molecule has 6 aliphatic carbocycles. The van der Waals surface area contributed by atoms with Gasteiger partial charge in [0.2, 0.25) is 0 Å². The van der Waals surface area contributed by atoms with Crippen LogP contribution in [-0.2, 0) is 16.2 Å². The molecule has 3 heterocycles. The van der Waals surface area contributed by atoms with Crippen molar-refractivity contribution in [1.29, 1.82) is 0 Å². The summed E-state index contributed by atoms with van der Waals surface area (Å²) in [4.78, 5) is 9.81. The maximum atomic E-state index is 9.16. The molecule has 2 unspecified atom stereocenters. The van der Waals surface area contributed by atoms with Crippen molar-refractivity contribution < 1.29 is 10.2 Å². The zero-order chi connectivity index (χ0) is 54.8. The van der Waals surface area contributed by atoms with Gasteiger partial charge in [-0.2, -0.15) is 0 Å². The summed E-state index contributed by atoms with van der Waals surface area (Å²) in [7, 11) is 0. The molecule has 8 aromatic carbocycles. The number of fused-ring (bicyclic) bond motifs is 4. The fourth-order valence-electron chi connectivity index (χ4n) is 13.2. The Morgan fingerprint density at radius 1 is 0.453 bits per heavy atom. The minimum Gasteiger partial charge on any atom is -0.457 e. The van der Waals surface area contributed by atoms with Crippen LogP contribution in [0.1, 0.15) is 153 Å². The molecule has 4 bridgehead atoms. The molecule has 370 valence electrons. The lowest BCUT2D eigenvalue weighted by atomic mass is 9.52. The van der Waals surface area contributed by atoms with Crippen LogP contribution < -0.4 is 14.5 Å². The average Bonchev–Trinajstić information content (AvgIpc) is 4.12. The SMILES string of the molecule is [2H]c1c([2H])c([2H])c2c(c1[2H])c1ccc(Oc3cccc(N4CN(c5cc(C(C)(C)C)cc6c5C5c7cc(C(C)(C)C)ccc7C6C6c7ccccc7C5c5ccccc56)c5ccccc54)c3)cc1n2-c1cc(C(C)(C)C)ccn1. The summed E-state index contributed by atoms with van der Waals surface area (Å²) < 4.78 is 44.3. The number of pyridine rings is 1. The molecule has 5 nitrogen and oxygen atoms in total. The van der Waals surface area contributed by atoms with Gasteiger partial charge in [-0.1, -0.05) is 171 Å². The zero-order valence-corrected chi connectivity index (χ0v) is 44.3. The van der Waals surface area contributed by atoms with Crippen molar-refractivity contribution in [1.82, 2.24) is 9.55 Å². The van der Waals surface area contributed by atoms with Crippen molar-refractivity contribution in [3.05, 3.63) is 249 Å². The van der Waals surface area contributed by atoms with Crippen molar-refractivity contribution in [2.75, 3.05) is 16.5 Å². The highest BCUT2D eigenvalue weighted by molar-refractivity contribution is 6.09. The number of anilines is 4. The van der Waals surface area contributed by atoms with Gasteiger partial charge >= 0.3 is 0 Å². The summed E-state index contributed by atoms with van der Waals surface area (Å²) in [5, 5.41) is 1.14. The molecule has 2 aromatic heterocycles. The first-order valence-electron chi connectivity index (χ1n) is 28.7. The summed E-state index contributed by atoms with van der Waals surface area (Å²) in [6.07, 6.45) is 1.77. The Morgan fingerprint density at radius 3 is 1.73 bits per heavy atom. The summed E-state index contributed by atoms with van der Waals surface area (Å²) in [5.74, 6) is 2.20. The minimum absolute atomic E-state index is 0.0266. The van der Waals surface area contributed by atoms with E-state index < -0.39 is 0 Å². The van der Waals surface area contributed by atoms with Crippen LogP contribution in [0.5, 0.6) is 11.5 Å². The summed E-state index contributed by atoms with van der Waals surface area (Å²) >= 11 is 0. The van der Waals surface area contributed by atoms with Gasteiger partial charge < -0.3 is 14.5 Å². The molecule has 0 radical (unpaired) electrons. The number of hydrogen-bond acceptors (Lipinski definition) is 4. The van der Waals surface area contributed by atoms with Gasteiger partial charge in [0.15, 0.2) is 0 Å². The van der Waals surface area contributed by atoms with Gasteiger partial charge in [-0.25, -0.2) is 4.98 Å². The molecule has 75 heavy (non-hydrogen) atoms. The number of aromatic nitrogens is 2. The van der Waals surface area contributed by atoms with Crippen LogP contribution in [0.15, 0.2) is 188 Å². The third-order valence-electron chi connectivity index (χ3n) is 16.9. The number of nitrogens with zero attached hydrogens (tertiary/aromatic N) is 4. The van der Waals surface area contributed by atoms with Crippen LogP contribution in [0.2, 0.25) is 0 Å². The maximum Gasteiger partial charge on any atom is 0.137 e. The van der Waals surface area contributed by atoms with Gasteiger partial charge in [0.1, 0.15) is 24.0 Å². The molecule has 0 spiro atoms. The minimum atomic E-state index is -0.285. The van der Waals surface area contributed by atoms with Gasteiger partial charge in [-0.15, -0.1) is 0 Å². The average molecular weight is 981 g/mol. The standard InChI is InChI=1S/C70H64N4O/c1-68(2,3)42-29-31-54-55(35-42)67-64-52-24-12-10-22-50(52)63(51-23-11-13-25-53(51)64)65(54)56-36-44(70(7,8)9)37-61(66(56)67)73-41-72(58-27-16-17-28-59(58)73)45-19-18-20-46(39-45)75-47-30-32-49-48-21-14-15-26-57(48)74(60(49)40-47)62-38-43(33-34-71-62)69(4,5)6/h10-40,63-65,67H,41H2,1-9H3/i14D,15D,21D,26D. The number of rotatable bonds is 5. The highest BCUT2D eigenvalue weighted by Crippen LogP contribution is 2.66. The van der Waals surface area contributed by atoms with Crippen molar-refractivity contribution in [3.63, 3.8) is 0 Å². The lowest BCUT2D eigenvalue weighted by molar-refractivity contribution is 0.483. The molecule has 10 aromatic rings. The Balaban J connectivity index is 0.906. The Labute approximate surface area is 447 Å². The molecule has 0 saturated carbocycles. The van der Waals surface area contributed by atoms with E-state index in [0.29, 0.717) is 45.8 Å². The molecule has 17 rings (SSSR count). The van der Waals surface area contributed by atoms with E-state index in [1.165, 1.54) is 61.3 Å². The van der Waals surface area contributed by atoms with E-state index >= 15 is 0 Å². The first-order valence-corrected chi connectivity index (χ1v) is 26.7. The van der Waals surface area contributed by atoms with E-state index in [1.807, 2.05) is 41.0 Å². The quantitative estimate of drug-likeness (QED) is 0.172. The summed E-state index contributed by atoms with van der Waals surface area (Å²) in [6.45, 7) is 21.1. The molecule has 5 heteroatoms. The fraction of sp³-hybridized carbons (Fsp3) is 0.243. The van der Waals surface area contributed by atoms with E-state index in [9.17, 15) is 0 Å². The monoisotopic (exact) mass is 981 g/mol. The van der Waals surface area contributed by atoms with Gasteiger partial charge in [0, 0.05) is 64.1 Å². The topological polar surface area (TPSA) is 33.5 Å². The van der Waals surface area contributed by atoms with E-state index in [0.717, 1.165) is 22.6 Å². The molecule has 0 fully saturated rings. The third-order valence-corrected chi connectivity index (χ3v) is 16.9. The van der Waals surface area contributed by atoms with Crippen LogP contribution in [0.4, 0.5) is 22.7 Å². The second-order valence-corrected chi connectivity index (χ2v) is 24.5. The van der Waals surface area contributed by atoms with E-state index in [4.69, 9.17) is 15.2 Å². The highest BCUT2D eigenvalue weighted by atomic mass is 16.5. The Hall–Kier alpha value is -7.89. The van der Waals surface area contributed by atoms with Gasteiger partial charge in [0.25, 0.3) is 0 Å². The summed E-state index contributed by atoms with van der Waals surface area (Å²) in [5.41, 5.74) is 20.6. The van der Waals surface area contributed by atoms with Crippen molar-refractivity contribution in [2.45, 2.75) is 102 Å². The van der Waals surface area contributed by atoms with Gasteiger partial charge in [-0.3, -0.25) is 4.57 Å². The van der Waals surface area contributed by atoms with E-state index in [-0.39, 0.29) is 64.1 Å². The van der Waals surface area contributed by atoms with Crippen molar-refractivity contribution in [3.8, 4) is 17.3 Å². The van der Waals surface area contributed by atoms with E-state index in [2.05, 4.69) is 193 Å². The van der Waals surface area contributed by atoms with Crippen LogP contribution in [0.3, 0.4) is 0 Å². The smallest absolute Gasteiger partial charge is 0.137 e. The second-order valence-electron chi connectivity index (χ2n) is 24.5. The molecule has 0 amide bonds. The van der Waals surface area contributed by atoms with Crippen molar-refractivity contribution in [2.24, 2.45) is 0 Å². The van der Waals surface area contributed by atoms with Crippen LogP contribution >= 0.6 is 0 Å². The number of ether oxygens (including phenoxy) is 1. The predicted octanol–water partition coefficient (Wildman–Crippen LogP) is 18.0. The lowest BCUT2D eigenvalue weighted by Gasteiger charge is -2.51. The number of para-hydroxylation sites is 3. The second kappa shape index (κ2) is 16.3. The van der Waals surface area contributed by atoms with Crippen molar-refractivity contribution >= 4 is 44.6 Å². The Kier molecular flexibility index (Phi) is 9.01. The molecular formula is C70H64N4O. The molecular weight excluding hydrogens is 913 g/mol. The summed E-state index contributed by atoms with van der Waals surface area (Å²) in [6, 6.07) is 57.5. The number of hydrogen-bond donors (Lipinski definition) is 0. The largest absolute Gasteiger partial charge is 0.457 e. The van der Waals surface area contributed by atoms with Crippen LogP contribution in [0.25, 0.3) is 27.6 Å². The maximum absolute atomic E-state index is 9.16. The molecule has 0 saturated heterocycles. The number of benzene rings is 8. The van der Waals surface area contributed by atoms with Crippen LogP contribution in [0, 0.1) is 0 Å². The molecule has 7 aliphatic rings. The van der Waals surface area contributed by atoms with E-state index in [1.54, 1.807) is 6.20 Å². The van der Waals surface area contributed by atoms with Gasteiger partial charge in [-0.05, 0) is 138 Å². The Morgan fingerprint density at radius 2 is 1.04 bits per heavy atom. The highest BCUT2D eigenvalue weighted by Gasteiger charge is 2.52. The van der Waals surface area contributed by atoms with Gasteiger partial charge in [0.05, 0.1) is 27.9 Å².